The van der Waals surface area contributed by atoms with E-state index in [9.17, 15) is 4.79 Å². The molecule has 1 N–H and O–H groups in total. The predicted molar refractivity (Wildman–Crippen MR) is 57.6 cm³/mol. The van der Waals surface area contributed by atoms with E-state index >= 15 is 0 Å². The quantitative estimate of drug-likeness (QED) is 0.687. The van der Waals surface area contributed by atoms with Crippen molar-refractivity contribution in [3.8, 4) is 0 Å². The van der Waals surface area contributed by atoms with E-state index in [2.05, 4.69) is 17.1 Å². The van der Waals surface area contributed by atoms with E-state index in [0.29, 0.717) is 12.6 Å². The van der Waals surface area contributed by atoms with Crippen molar-refractivity contribution in [2.45, 2.75) is 38.3 Å². The SMILES string of the molecule is CCN(C1CCCNC1)C1CCOC1=O. The zero-order valence-electron chi connectivity index (χ0n) is 9.37. The largest absolute Gasteiger partial charge is 0.464 e. The Kier molecular flexibility index (Phi) is 3.59. The van der Waals surface area contributed by atoms with Crippen LogP contribution < -0.4 is 5.32 Å². The minimum atomic E-state index is -0.0255. The number of esters is 1. The number of hydrogen-bond acceptors (Lipinski definition) is 4. The van der Waals surface area contributed by atoms with Crippen LogP contribution in [0.2, 0.25) is 0 Å². The highest BCUT2D eigenvalue weighted by Gasteiger charge is 2.35. The number of carbonyl (C=O) groups excluding carboxylic acids is 1. The van der Waals surface area contributed by atoms with Gasteiger partial charge in [0.15, 0.2) is 0 Å². The van der Waals surface area contributed by atoms with Crippen LogP contribution >= 0.6 is 0 Å². The zero-order chi connectivity index (χ0) is 10.7. The van der Waals surface area contributed by atoms with Crippen molar-refractivity contribution in [2.75, 3.05) is 26.2 Å². The highest BCUT2D eigenvalue weighted by molar-refractivity contribution is 5.77. The fraction of sp³-hybridized carbons (Fsp3) is 0.909. The van der Waals surface area contributed by atoms with Crippen LogP contribution in [0.1, 0.15) is 26.2 Å². The van der Waals surface area contributed by atoms with Gasteiger partial charge < -0.3 is 10.1 Å². The monoisotopic (exact) mass is 212 g/mol. The van der Waals surface area contributed by atoms with Crippen LogP contribution in [0.25, 0.3) is 0 Å². The van der Waals surface area contributed by atoms with Gasteiger partial charge in [-0.1, -0.05) is 6.92 Å². The fourth-order valence-electron chi connectivity index (χ4n) is 2.64. The van der Waals surface area contributed by atoms with Crippen LogP contribution in [0.4, 0.5) is 0 Å². The highest BCUT2D eigenvalue weighted by Crippen LogP contribution is 2.20. The molecule has 0 aromatic rings. The first-order valence-corrected chi connectivity index (χ1v) is 5.96. The van der Waals surface area contributed by atoms with Gasteiger partial charge in [0.2, 0.25) is 0 Å². The third-order valence-electron chi connectivity index (χ3n) is 3.41. The van der Waals surface area contributed by atoms with Crippen molar-refractivity contribution in [3.63, 3.8) is 0 Å². The Morgan fingerprint density at radius 1 is 1.53 bits per heavy atom. The highest BCUT2D eigenvalue weighted by atomic mass is 16.5. The summed E-state index contributed by atoms with van der Waals surface area (Å²) in [6.07, 6.45) is 3.27. The number of likely N-dealkylation sites (N-methyl/N-ethyl adjacent to an activating group) is 1. The van der Waals surface area contributed by atoms with Crippen molar-refractivity contribution in [1.82, 2.24) is 10.2 Å². The Morgan fingerprint density at radius 3 is 2.93 bits per heavy atom. The van der Waals surface area contributed by atoms with Crippen LogP contribution in [0.15, 0.2) is 0 Å². The van der Waals surface area contributed by atoms with Gasteiger partial charge in [-0.15, -0.1) is 0 Å². The van der Waals surface area contributed by atoms with Crippen molar-refractivity contribution < 1.29 is 9.53 Å². The second-order valence-electron chi connectivity index (χ2n) is 4.30. The summed E-state index contributed by atoms with van der Waals surface area (Å²) in [5.41, 5.74) is 0. The summed E-state index contributed by atoms with van der Waals surface area (Å²) in [5.74, 6) is -0.0255. The van der Waals surface area contributed by atoms with E-state index in [1.165, 1.54) is 12.8 Å². The molecule has 86 valence electrons. The average Bonchev–Trinajstić information content (AvgIpc) is 2.68. The van der Waals surface area contributed by atoms with Gasteiger partial charge in [0, 0.05) is 19.0 Å². The minimum absolute atomic E-state index is 0.0138. The lowest BCUT2D eigenvalue weighted by atomic mass is 10.0. The van der Waals surface area contributed by atoms with Crippen LogP contribution in [0.5, 0.6) is 0 Å². The molecule has 0 amide bonds. The molecule has 2 aliphatic rings. The van der Waals surface area contributed by atoms with Gasteiger partial charge in [-0.05, 0) is 25.9 Å². The summed E-state index contributed by atoms with van der Waals surface area (Å²) < 4.78 is 5.04. The number of cyclic esters (lactones) is 1. The summed E-state index contributed by atoms with van der Waals surface area (Å²) in [7, 11) is 0. The van der Waals surface area contributed by atoms with Crippen molar-refractivity contribution in [3.05, 3.63) is 0 Å². The molecule has 0 spiro atoms. The van der Waals surface area contributed by atoms with Gasteiger partial charge in [-0.25, -0.2) is 0 Å². The summed E-state index contributed by atoms with van der Waals surface area (Å²) >= 11 is 0. The molecule has 15 heavy (non-hydrogen) atoms. The number of nitrogens with one attached hydrogen (secondary N) is 1. The van der Waals surface area contributed by atoms with E-state index in [1.54, 1.807) is 0 Å². The van der Waals surface area contributed by atoms with Crippen LogP contribution in [-0.4, -0.2) is 49.2 Å². The number of ether oxygens (including phenoxy) is 1. The van der Waals surface area contributed by atoms with Gasteiger partial charge in [0.25, 0.3) is 0 Å². The number of rotatable bonds is 3. The average molecular weight is 212 g/mol. The molecule has 0 aromatic heterocycles. The molecule has 0 saturated carbocycles. The molecule has 2 rings (SSSR count). The number of carbonyl (C=O) groups is 1. The molecule has 2 atom stereocenters. The molecule has 0 aromatic carbocycles. The van der Waals surface area contributed by atoms with Crippen molar-refractivity contribution in [1.29, 1.82) is 0 Å². The van der Waals surface area contributed by atoms with Gasteiger partial charge >= 0.3 is 5.97 Å². The number of hydrogen-bond donors (Lipinski definition) is 1. The van der Waals surface area contributed by atoms with E-state index in [-0.39, 0.29) is 12.0 Å². The van der Waals surface area contributed by atoms with Gasteiger partial charge in [-0.2, -0.15) is 0 Å². The molecule has 0 bridgehead atoms. The minimum Gasteiger partial charge on any atom is -0.464 e. The van der Waals surface area contributed by atoms with Gasteiger partial charge in [0.1, 0.15) is 6.04 Å². The smallest absolute Gasteiger partial charge is 0.323 e. The topological polar surface area (TPSA) is 41.6 Å². The molecule has 0 radical (unpaired) electrons. The van der Waals surface area contributed by atoms with Crippen molar-refractivity contribution >= 4 is 5.97 Å². The van der Waals surface area contributed by atoms with E-state index in [0.717, 1.165) is 26.1 Å². The fourth-order valence-corrected chi connectivity index (χ4v) is 2.64. The van der Waals surface area contributed by atoms with Gasteiger partial charge in [0.05, 0.1) is 6.61 Å². The lowest BCUT2D eigenvalue weighted by molar-refractivity contribution is -0.143. The molecule has 4 heteroatoms. The second-order valence-corrected chi connectivity index (χ2v) is 4.30. The Balaban J connectivity index is 1.98. The molecule has 2 fully saturated rings. The maximum atomic E-state index is 11.5. The van der Waals surface area contributed by atoms with Crippen LogP contribution in [0, 0.1) is 0 Å². The molecule has 2 heterocycles. The molecular weight excluding hydrogens is 192 g/mol. The van der Waals surface area contributed by atoms with Crippen LogP contribution in [0.3, 0.4) is 0 Å². The first kappa shape index (κ1) is 10.9. The lowest BCUT2D eigenvalue weighted by Crippen LogP contribution is -2.51. The normalized spacial score (nSPS) is 32.0. The molecule has 2 saturated heterocycles. The first-order chi connectivity index (χ1) is 7.33. The maximum Gasteiger partial charge on any atom is 0.323 e. The predicted octanol–water partition coefficient (Wildman–Crippen LogP) is 0.376. The Labute approximate surface area is 91.0 Å². The molecule has 2 aliphatic heterocycles. The third-order valence-corrected chi connectivity index (χ3v) is 3.41. The summed E-state index contributed by atoms with van der Waals surface area (Å²) in [4.78, 5) is 13.8. The maximum absolute atomic E-state index is 11.5. The standard InChI is InChI=1S/C11H20N2O2/c1-2-13(9-4-3-6-12-8-9)10-5-7-15-11(10)14/h9-10,12H,2-8H2,1H3. The summed E-state index contributed by atoms with van der Waals surface area (Å²) in [6, 6.07) is 0.527. The van der Waals surface area contributed by atoms with E-state index in [4.69, 9.17) is 4.74 Å². The number of nitrogens with zero attached hydrogens (tertiary/aromatic N) is 1. The Bertz CT molecular complexity index is 227. The lowest BCUT2D eigenvalue weighted by Gasteiger charge is -2.36. The van der Waals surface area contributed by atoms with E-state index in [1.807, 2.05) is 0 Å². The summed E-state index contributed by atoms with van der Waals surface area (Å²) in [5, 5.41) is 3.39. The number of piperidine rings is 1. The Morgan fingerprint density at radius 2 is 2.40 bits per heavy atom. The van der Waals surface area contributed by atoms with Gasteiger partial charge in [-0.3, -0.25) is 9.69 Å². The third kappa shape index (κ3) is 2.32. The Hall–Kier alpha value is -0.610. The zero-order valence-corrected chi connectivity index (χ0v) is 9.37. The summed E-state index contributed by atoms with van der Waals surface area (Å²) in [6.45, 7) is 5.78. The van der Waals surface area contributed by atoms with Crippen molar-refractivity contribution in [2.24, 2.45) is 0 Å². The second kappa shape index (κ2) is 4.94. The first-order valence-electron chi connectivity index (χ1n) is 5.96. The molecule has 4 nitrogen and oxygen atoms in total. The van der Waals surface area contributed by atoms with Crippen LogP contribution in [-0.2, 0) is 9.53 Å². The van der Waals surface area contributed by atoms with E-state index < -0.39 is 0 Å². The molecule has 0 aliphatic carbocycles. The molecular formula is C11H20N2O2. The molecule has 2 unspecified atom stereocenters.